The highest BCUT2D eigenvalue weighted by atomic mass is 15.2. The normalized spacial score (nSPS) is 17.1. The molecular formula is C13H19N3. The fourth-order valence-electron chi connectivity index (χ4n) is 2.05. The van der Waals surface area contributed by atoms with Crippen molar-refractivity contribution in [1.29, 1.82) is 0 Å². The molecule has 0 aliphatic carbocycles. The Morgan fingerprint density at radius 1 is 1.25 bits per heavy atom. The van der Waals surface area contributed by atoms with Crippen LogP contribution in [0, 0.1) is 6.92 Å². The summed E-state index contributed by atoms with van der Waals surface area (Å²) in [6.07, 6.45) is 0. The highest BCUT2D eigenvalue weighted by Crippen LogP contribution is 2.20. The lowest BCUT2D eigenvalue weighted by atomic mass is 10.0. The highest BCUT2D eigenvalue weighted by molar-refractivity contribution is 5.89. The fraction of sp³-hybridized carbons (Fsp3) is 0.462. The Kier molecular flexibility index (Phi) is 3.25. The van der Waals surface area contributed by atoms with Gasteiger partial charge in [0.25, 0.3) is 0 Å². The molecule has 1 heterocycles. The molecule has 1 aliphatic heterocycles. The van der Waals surface area contributed by atoms with E-state index in [1.165, 1.54) is 11.1 Å². The van der Waals surface area contributed by atoms with E-state index in [0.29, 0.717) is 0 Å². The van der Waals surface area contributed by atoms with Gasteiger partial charge >= 0.3 is 0 Å². The van der Waals surface area contributed by atoms with Crippen LogP contribution in [-0.4, -0.2) is 37.9 Å². The summed E-state index contributed by atoms with van der Waals surface area (Å²) in [5.41, 5.74) is 2.59. The maximum Gasteiger partial charge on any atom is 0.119 e. The standard InChI is InChI=1S/C13H19N3/c1-10-4-6-11(7-5-10)12(16(2)3)13-14-8-9-15-13/h4-7,12H,8-9H2,1-3H3,(H,14,15). The highest BCUT2D eigenvalue weighted by Gasteiger charge is 2.22. The van der Waals surface area contributed by atoms with E-state index in [4.69, 9.17) is 0 Å². The lowest BCUT2D eigenvalue weighted by molar-refractivity contribution is 0.365. The van der Waals surface area contributed by atoms with Crippen molar-refractivity contribution in [3.8, 4) is 0 Å². The molecule has 1 N–H and O–H groups in total. The zero-order valence-corrected chi connectivity index (χ0v) is 10.2. The predicted octanol–water partition coefficient (Wildman–Crippen LogP) is 1.60. The monoisotopic (exact) mass is 217 g/mol. The average Bonchev–Trinajstić information content (AvgIpc) is 2.74. The molecule has 16 heavy (non-hydrogen) atoms. The Balaban J connectivity index is 2.28. The Labute approximate surface area is 97.2 Å². The topological polar surface area (TPSA) is 27.6 Å². The zero-order chi connectivity index (χ0) is 11.5. The molecule has 3 heteroatoms. The van der Waals surface area contributed by atoms with Crippen molar-refractivity contribution in [3.05, 3.63) is 35.4 Å². The summed E-state index contributed by atoms with van der Waals surface area (Å²) in [5.74, 6) is 1.09. The van der Waals surface area contributed by atoms with Crippen LogP contribution in [-0.2, 0) is 0 Å². The van der Waals surface area contributed by atoms with Gasteiger partial charge in [-0.25, -0.2) is 0 Å². The molecule has 0 radical (unpaired) electrons. The first-order chi connectivity index (χ1) is 7.68. The first kappa shape index (κ1) is 11.1. The maximum absolute atomic E-state index is 4.52. The number of rotatable bonds is 3. The second-order valence-electron chi connectivity index (χ2n) is 4.47. The van der Waals surface area contributed by atoms with E-state index in [-0.39, 0.29) is 6.04 Å². The molecule has 0 fully saturated rings. The molecule has 0 bridgehead atoms. The summed E-state index contributed by atoms with van der Waals surface area (Å²) in [7, 11) is 4.18. The van der Waals surface area contributed by atoms with E-state index < -0.39 is 0 Å². The zero-order valence-electron chi connectivity index (χ0n) is 10.2. The average molecular weight is 217 g/mol. The number of aliphatic imine (C=N–C) groups is 1. The minimum atomic E-state index is 0.253. The number of amidine groups is 1. The van der Waals surface area contributed by atoms with Crippen molar-refractivity contribution in [3.63, 3.8) is 0 Å². The SMILES string of the molecule is Cc1ccc(C(C2=NCCN2)N(C)C)cc1. The summed E-state index contributed by atoms with van der Waals surface area (Å²) in [5, 5.41) is 3.36. The van der Waals surface area contributed by atoms with E-state index in [1.807, 2.05) is 0 Å². The molecular weight excluding hydrogens is 198 g/mol. The summed E-state index contributed by atoms with van der Waals surface area (Å²) in [4.78, 5) is 6.72. The molecule has 3 nitrogen and oxygen atoms in total. The lowest BCUT2D eigenvalue weighted by Crippen LogP contribution is -2.34. The maximum atomic E-state index is 4.52. The molecule has 1 aromatic rings. The largest absolute Gasteiger partial charge is 0.370 e. The third-order valence-corrected chi connectivity index (χ3v) is 2.87. The van der Waals surface area contributed by atoms with Gasteiger partial charge in [0, 0.05) is 6.54 Å². The van der Waals surface area contributed by atoms with E-state index in [0.717, 1.165) is 18.9 Å². The van der Waals surface area contributed by atoms with Crippen molar-refractivity contribution in [2.24, 2.45) is 4.99 Å². The number of nitrogens with zero attached hydrogens (tertiary/aromatic N) is 2. The number of nitrogens with one attached hydrogen (secondary N) is 1. The summed E-state index contributed by atoms with van der Waals surface area (Å²) in [6.45, 7) is 3.97. The first-order valence-electron chi connectivity index (χ1n) is 5.69. The quantitative estimate of drug-likeness (QED) is 0.832. The van der Waals surface area contributed by atoms with Gasteiger partial charge in [0.15, 0.2) is 0 Å². The third kappa shape index (κ3) is 2.25. The van der Waals surface area contributed by atoms with E-state index in [9.17, 15) is 0 Å². The predicted molar refractivity (Wildman–Crippen MR) is 67.9 cm³/mol. The number of benzene rings is 1. The van der Waals surface area contributed by atoms with Gasteiger partial charge in [-0.15, -0.1) is 0 Å². The molecule has 0 aromatic heterocycles. The molecule has 0 saturated heterocycles. The summed E-state index contributed by atoms with van der Waals surface area (Å²) in [6, 6.07) is 8.93. The Hall–Kier alpha value is -1.35. The molecule has 86 valence electrons. The molecule has 1 atom stereocenters. The van der Waals surface area contributed by atoms with E-state index in [1.54, 1.807) is 0 Å². The van der Waals surface area contributed by atoms with Gasteiger partial charge in [-0.1, -0.05) is 29.8 Å². The second kappa shape index (κ2) is 4.66. The van der Waals surface area contributed by atoms with Gasteiger partial charge in [-0.3, -0.25) is 9.89 Å². The summed E-state index contributed by atoms with van der Waals surface area (Å²) < 4.78 is 0. The first-order valence-corrected chi connectivity index (χ1v) is 5.69. The van der Waals surface area contributed by atoms with Crippen molar-refractivity contribution < 1.29 is 0 Å². The van der Waals surface area contributed by atoms with Crippen LogP contribution >= 0.6 is 0 Å². The van der Waals surface area contributed by atoms with Crippen LogP contribution in [0.3, 0.4) is 0 Å². The molecule has 1 aliphatic rings. The van der Waals surface area contributed by atoms with Gasteiger partial charge < -0.3 is 5.32 Å². The molecule has 1 unspecified atom stereocenters. The van der Waals surface area contributed by atoms with Crippen LogP contribution in [0.25, 0.3) is 0 Å². The number of hydrogen-bond acceptors (Lipinski definition) is 3. The Bertz CT molecular complexity index is 379. The fourth-order valence-corrected chi connectivity index (χ4v) is 2.05. The van der Waals surface area contributed by atoms with Crippen molar-refractivity contribution in [2.75, 3.05) is 27.2 Å². The van der Waals surface area contributed by atoms with Crippen LogP contribution in [0.4, 0.5) is 0 Å². The minimum Gasteiger partial charge on any atom is -0.370 e. The smallest absolute Gasteiger partial charge is 0.119 e. The molecule has 2 rings (SSSR count). The van der Waals surface area contributed by atoms with Gasteiger partial charge in [0.05, 0.1) is 12.6 Å². The van der Waals surface area contributed by atoms with Gasteiger partial charge in [0.2, 0.25) is 0 Å². The molecule has 0 saturated carbocycles. The summed E-state index contributed by atoms with van der Waals surface area (Å²) >= 11 is 0. The van der Waals surface area contributed by atoms with Crippen molar-refractivity contribution in [1.82, 2.24) is 10.2 Å². The third-order valence-electron chi connectivity index (χ3n) is 2.87. The van der Waals surface area contributed by atoms with E-state index in [2.05, 4.69) is 60.5 Å². The van der Waals surface area contributed by atoms with Crippen LogP contribution in [0.2, 0.25) is 0 Å². The van der Waals surface area contributed by atoms with Gasteiger partial charge in [-0.2, -0.15) is 0 Å². The van der Waals surface area contributed by atoms with Crippen LogP contribution in [0.1, 0.15) is 17.2 Å². The number of aryl methyl sites for hydroxylation is 1. The molecule has 1 aromatic carbocycles. The number of hydrogen-bond donors (Lipinski definition) is 1. The molecule has 0 amide bonds. The Morgan fingerprint density at radius 3 is 2.44 bits per heavy atom. The van der Waals surface area contributed by atoms with Crippen LogP contribution < -0.4 is 5.32 Å². The van der Waals surface area contributed by atoms with Crippen LogP contribution in [0.5, 0.6) is 0 Å². The van der Waals surface area contributed by atoms with Gasteiger partial charge in [-0.05, 0) is 26.6 Å². The second-order valence-corrected chi connectivity index (χ2v) is 4.47. The van der Waals surface area contributed by atoms with Crippen LogP contribution in [0.15, 0.2) is 29.3 Å². The lowest BCUT2D eigenvalue weighted by Gasteiger charge is -2.25. The van der Waals surface area contributed by atoms with Crippen molar-refractivity contribution >= 4 is 5.84 Å². The number of likely N-dealkylation sites (N-methyl/N-ethyl adjacent to an activating group) is 1. The Morgan fingerprint density at radius 2 is 1.94 bits per heavy atom. The van der Waals surface area contributed by atoms with Crippen molar-refractivity contribution in [2.45, 2.75) is 13.0 Å². The van der Waals surface area contributed by atoms with E-state index >= 15 is 0 Å². The van der Waals surface area contributed by atoms with Gasteiger partial charge in [0.1, 0.15) is 5.84 Å². The minimum absolute atomic E-state index is 0.253. The molecule has 0 spiro atoms.